The third-order valence-corrected chi connectivity index (χ3v) is 8.41. The van der Waals surface area contributed by atoms with Crippen LogP contribution in [0.3, 0.4) is 0 Å². The number of hydrogen-bond donors (Lipinski definition) is 1. The lowest BCUT2D eigenvalue weighted by Crippen LogP contribution is -2.49. The molecule has 0 bridgehead atoms. The third kappa shape index (κ3) is 5.38. The van der Waals surface area contributed by atoms with Crippen LogP contribution in [0.1, 0.15) is 12.2 Å². The van der Waals surface area contributed by atoms with Crippen LogP contribution in [-0.2, 0) is 15.6 Å². The molecule has 0 unspecified atom stereocenters. The molecule has 1 aliphatic heterocycles. The van der Waals surface area contributed by atoms with E-state index >= 15 is 0 Å². The predicted molar refractivity (Wildman–Crippen MR) is 139 cm³/mol. The van der Waals surface area contributed by atoms with Gasteiger partial charge in [0.25, 0.3) is 0 Å². The van der Waals surface area contributed by atoms with E-state index < -0.39 is 32.8 Å². The molecule has 1 aliphatic rings. The van der Waals surface area contributed by atoms with Crippen molar-refractivity contribution in [2.75, 3.05) is 32.2 Å². The number of β-amino-alcohol motifs (C(OH)–C–C–N with tert-alkyl or cyclic N) is 1. The zero-order valence-corrected chi connectivity index (χ0v) is 22.0. The van der Waals surface area contributed by atoms with Crippen LogP contribution < -0.4 is 14.4 Å². The molecule has 0 amide bonds. The molecule has 1 aromatic carbocycles. The molecule has 4 heterocycles. The lowest BCUT2D eigenvalue weighted by Gasteiger charge is -2.35. The van der Waals surface area contributed by atoms with E-state index in [0.29, 0.717) is 28.6 Å². The number of methoxy groups -OCH3 is 2. The van der Waals surface area contributed by atoms with Crippen molar-refractivity contribution < 1.29 is 27.4 Å². The molecule has 0 saturated carbocycles. The second kappa shape index (κ2) is 10.9. The fourth-order valence-electron chi connectivity index (χ4n) is 4.60. The molecular formula is C25H26FN7O5S. The Labute approximate surface area is 224 Å². The first kappa shape index (κ1) is 26.4. The Hall–Kier alpha value is -4.17. The number of hydrogen-bond acceptors (Lipinski definition) is 11. The minimum Gasteiger partial charge on any atom is -0.494 e. The maximum Gasteiger partial charge on any atom is 0.225 e. The third-order valence-electron chi connectivity index (χ3n) is 6.39. The summed E-state index contributed by atoms with van der Waals surface area (Å²) in [6.45, 7) is 0.143. The number of piperidine rings is 1. The number of aromatic nitrogens is 6. The Morgan fingerprint density at radius 3 is 2.38 bits per heavy atom. The van der Waals surface area contributed by atoms with Crippen LogP contribution in [0.5, 0.6) is 11.5 Å². The van der Waals surface area contributed by atoms with E-state index in [-0.39, 0.29) is 31.3 Å². The van der Waals surface area contributed by atoms with Gasteiger partial charge >= 0.3 is 0 Å². The lowest BCUT2D eigenvalue weighted by molar-refractivity contribution is 0.154. The Kier molecular flexibility index (Phi) is 7.39. The number of sulfone groups is 1. The number of rotatable bonds is 8. The largest absolute Gasteiger partial charge is 0.494 e. The van der Waals surface area contributed by atoms with Gasteiger partial charge in [-0.05, 0) is 30.7 Å². The minimum atomic E-state index is -3.91. The van der Waals surface area contributed by atoms with Crippen molar-refractivity contribution in [2.24, 2.45) is 0 Å². The van der Waals surface area contributed by atoms with Crippen LogP contribution in [-0.4, -0.2) is 81.9 Å². The summed E-state index contributed by atoms with van der Waals surface area (Å²) in [6, 6.07) is 8.72. The second-order valence-corrected chi connectivity index (χ2v) is 11.2. The van der Waals surface area contributed by atoms with Crippen LogP contribution >= 0.6 is 0 Å². The molecule has 14 heteroatoms. The zero-order valence-electron chi connectivity index (χ0n) is 21.2. The van der Waals surface area contributed by atoms with Gasteiger partial charge in [0.1, 0.15) is 22.9 Å². The fraction of sp³-hybridized carbons (Fsp3) is 0.320. The number of para-hydroxylation sites is 1. The van der Waals surface area contributed by atoms with Gasteiger partial charge in [-0.1, -0.05) is 6.07 Å². The molecule has 4 aromatic rings. The molecule has 2 atom stereocenters. The van der Waals surface area contributed by atoms with Gasteiger partial charge in [0.2, 0.25) is 5.95 Å². The van der Waals surface area contributed by atoms with Crippen molar-refractivity contribution in [3.8, 4) is 28.6 Å². The Bertz CT molecular complexity index is 1530. The van der Waals surface area contributed by atoms with Crippen LogP contribution in [0.15, 0.2) is 55.1 Å². The van der Waals surface area contributed by atoms with Crippen LogP contribution in [0.2, 0.25) is 0 Å². The maximum atomic E-state index is 13.8. The quantitative estimate of drug-likeness (QED) is 0.340. The minimum absolute atomic E-state index is 0.0155. The summed E-state index contributed by atoms with van der Waals surface area (Å²) in [7, 11) is -0.912. The summed E-state index contributed by atoms with van der Waals surface area (Å²) in [5, 5.41) is 18.1. The van der Waals surface area contributed by atoms with Crippen molar-refractivity contribution in [3.63, 3.8) is 0 Å². The molecule has 204 valence electrons. The Morgan fingerprint density at radius 1 is 1.03 bits per heavy atom. The average molecular weight is 556 g/mol. The van der Waals surface area contributed by atoms with E-state index in [1.807, 2.05) is 0 Å². The highest BCUT2D eigenvalue weighted by Crippen LogP contribution is 2.37. The number of aliphatic hydroxyl groups excluding tert-OH is 1. The monoisotopic (exact) mass is 555 g/mol. The highest BCUT2D eigenvalue weighted by molar-refractivity contribution is 7.91. The number of pyridine rings is 1. The van der Waals surface area contributed by atoms with Crippen LogP contribution in [0.25, 0.3) is 17.1 Å². The van der Waals surface area contributed by atoms with Crippen molar-refractivity contribution in [2.45, 2.75) is 23.5 Å². The number of aliphatic hydroxyl groups is 1. The maximum absolute atomic E-state index is 13.8. The molecule has 0 spiro atoms. The van der Waals surface area contributed by atoms with Gasteiger partial charge in [0.15, 0.2) is 27.3 Å². The first-order valence-electron chi connectivity index (χ1n) is 12.0. The molecule has 3 aromatic heterocycles. The van der Waals surface area contributed by atoms with Crippen LogP contribution in [0.4, 0.5) is 10.3 Å². The lowest BCUT2D eigenvalue weighted by atomic mass is 10.1. The van der Waals surface area contributed by atoms with Gasteiger partial charge in [-0.15, -0.1) is 10.2 Å². The standard InChI is InChI=1S/C25H26FN7O5S/c1-37-20-6-3-7-21(38-2)23(20)33-22(30-31-24(33)16-5-4-8-27-10-16)15-39(35,36)19-9-18(34)13-32(14-19)25-28-11-17(26)12-29-25/h3-8,10-12,18-19,34H,9,13-15H2,1-2H3/t18-,19+/m1/s1. The first-order valence-corrected chi connectivity index (χ1v) is 13.7. The van der Waals surface area contributed by atoms with Gasteiger partial charge < -0.3 is 19.5 Å². The highest BCUT2D eigenvalue weighted by Gasteiger charge is 2.37. The van der Waals surface area contributed by atoms with Crippen molar-refractivity contribution in [1.29, 1.82) is 0 Å². The Balaban J connectivity index is 1.55. The molecule has 1 saturated heterocycles. The topological polar surface area (TPSA) is 145 Å². The molecule has 0 aliphatic carbocycles. The molecule has 5 rings (SSSR count). The number of benzene rings is 1. The summed E-state index contributed by atoms with van der Waals surface area (Å²) in [6.07, 6.45) is 4.27. The molecule has 0 radical (unpaired) electrons. The Morgan fingerprint density at radius 2 is 1.74 bits per heavy atom. The van der Waals surface area contributed by atoms with E-state index in [1.165, 1.54) is 19.1 Å². The van der Waals surface area contributed by atoms with E-state index in [9.17, 15) is 17.9 Å². The number of nitrogens with zero attached hydrogens (tertiary/aromatic N) is 7. The van der Waals surface area contributed by atoms with E-state index in [1.54, 1.807) is 47.3 Å². The van der Waals surface area contributed by atoms with Gasteiger partial charge in [-0.2, -0.15) is 0 Å². The smallest absolute Gasteiger partial charge is 0.225 e. The number of halogens is 1. The molecule has 39 heavy (non-hydrogen) atoms. The number of ether oxygens (including phenoxy) is 2. The summed E-state index contributed by atoms with van der Waals surface area (Å²) in [4.78, 5) is 13.6. The zero-order chi connectivity index (χ0) is 27.6. The van der Waals surface area contributed by atoms with Gasteiger partial charge in [-0.25, -0.2) is 22.8 Å². The molecular weight excluding hydrogens is 529 g/mol. The summed E-state index contributed by atoms with van der Waals surface area (Å²) in [5.41, 5.74) is 1.04. The average Bonchev–Trinajstić information content (AvgIpc) is 3.35. The highest BCUT2D eigenvalue weighted by atomic mass is 32.2. The summed E-state index contributed by atoms with van der Waals surface area (Å²) < 4.78 is 53.6. The normalized spacial score (nSPS) is 17.7. The number of anilines is 1. The molecule has 1 N–H and O–H groups in total. The SMILES string of the molecule is COc1cccc(OC)c1-n1c(CS(=O)(=O)[C@H]2C[C@@H](O)CN(c3ncc(F)cn3)C2)nnc1-c1cccnc1. The predicted octanol–water partition coefficient (Wildman–Crippen LogP) is 1.83. The second-order valence-electron chi connectivity index (χ2n) is 8.95. The molecule has 12 nitrogen and oxygen atoms in total. The first-order chi connectivity index (χ1) is 18.8. The van der Waals surface area contributed by atoms with Crippen molar-refractivity contribution >= 4 is 15.8 Å². The van der Waals surface area contributed by atoms with E-state index in [2.05, 4.69) is 25.1 Å². The van der Waals surface area contributed by atoms with Crippen LogP contribution in [0, 0.1) is 5.82 Å². The summed E-state index contributed by atoms with van der Waals surface area (Å²) in [5.74, 6) is 0.350. The van der Waals surface area contributed by atoms with Gasteiger partial charge in [0, 0.05) is 31.0 Å². The van der Waals surface area contributed by atoms with Crippen molar-refractivity contribution in [1.82, 2.24) is 29.7 Å². The fourth-order valence-corrected chi connectivity index (χ4v) is 6.30. The van der Waals surface area contributed by atoms with Gasteiger partial charge in [0.05, 0.1) is 38.0 Å². The van der Waals surface area contributed by atoms with E-state index in [4.69, 9.17) is 9.47 Å². The van der Waals surface area contributed by atoms with Crippen molar-refractivity contribution in [3.05, 3.63) is 66.8 Å². The van der Waals surface area contributed by atoms with E-state index in [0.717, 1.165) is 12.4 Å². The summed E-state index contributed by atoms with van der Waals surface area (Å²) >= 11 is 0. The van der Waals surface area contributed by atoms with Gasteiger partial charge in [-0.3, -0.25) is 9.55 Å². The molecule has 1 fully saturated rings.